The summed E-state index contributed by atoms with van der Waals surface area (Å²) in [6.45, 7) is 3.98. The molecule has 0 saturated carbocycles. The van der Waals surface area contributed by atoms with Crippen molar-refractivity contribution in [2.75, 3.05) is 6.61 Å². The van der Waals surface area contributed by atoms with Gasteiger partial charge in [-0.3, -0.25) is 4.79 Å². The third kappa shape index (κ3) is 35.5. The van der Waals surface area contributed by atoms with Gasteiger partial charge in [-0.05, 0) is 77.0 Å². The zero-order valence-corrected chi connectivity index (χ0v) is 34.5. The van der Waals surface area contributed by atoms with E-state index in [1.165, 1.54) is 122 Å². The molecule has 0 aromatic heterocycles. The summed E-state index contributed by atoms with van der Waals surface area (Å²) in [5, 5.41) is 43.4. The van der Waals surface area contributed by atoms with Crippen molar-refractivity contribution in [2.24, 2.45) is 0 Å². The Morgan fingerprint density at radius 3 is 1.32 bits per heavy atom. The lowest BCUT2D eigenvalue weighted by Gasteiger charge is -2.27. The second-order valence-electron chi connectivity index (χ2n) is 15.0. The fraction of sp³-hybridized carbons (Fsp3) is 0.766. The smallest absolute Gasteiger partial charge is 0.249 e. The molecule has 0 saturated heterocycles. The Morgan fingerprint density at radius 2 is 0.868 bits per heavy atom. The molecule has 1 amide bonds. The Morgan fingerprint density at radius 1 is 0.491 bits per heavy atom. The van der Waals surface area contributed by atoms with Gasteiger partial charge in [0.25, 0.3) is 0 Å². The van der Waals surface area contributed by atoms with Crippen molar-refractivity contribution in [1.29, 1.82) is 0 Å². The highest BCUT2D eigenvalue weighted by atomic mass is 16.3. The molecule has 0 rings (SSSR count). The first-order valence-electron chi connectivity index (χ1n) is 22.2. The number of aliphatic hydroxyl groups excluding tert-OH is 4. The predicted octanol–water partition coefficient (Wildman–Crippen LogP) is 11.7. The molecule has 53 heavy (non-hydrogen) atoms. The van der Waals surface area contributed by atoms with Crippen molar-refractivity contribution < 1.29 is 25.2 Å². The first-order chi connectivity index (χ1) is 26.0. The van der Waals surface area contributed by atoms with Crippen molar-refractivity contribution in [3.63, 3.8) is 0 Å². The Bertz CT molecular complexity index is 926. The minimum Gasteiger partial charge on any atom is -0.394 e. The summed E-state index contributed by atoms with van der Waals surface area (Å²) in [5.41, 5.74) is 0. The van der Waals surface area contributed by atoms with Crippen LogP contribution in [-0.2, 0) is 4.79 Å². The summed E-state index contributed by atoms with van der Waals surface area (Å²) in [4.78, 5) is 12.4. The Kier molecular flexibility index (Phi) is 39.6. The van der Waals surface area contributed by atoms with E-state index in [0.29, 0.717) is 12.8 Å². The number of unbranched alkanes of at least 4 members (excludes halogenated alkanes) is 21. The largest absolute Gasteiger partial charge is 0.394 e. The zero-order valence-electron chi connectivity index (χ0n) is 34.5. The minimum atomic E-state index is -1.32. The summed E-state index contributed by atoms with van der Waals surface area (Å²) in [7, 11) is 0. The molecule has 0 fully saturated rings. The normalized spacial score (nSPS) is 14.8. The third-order valence-corrected chi connectivity index (χ3v) is 9.92. The van der Waals surface area contributed by atoms with Gasteiger partial charge in [-0.1, -0.05) is 177 Å². The number of allylic oxidation sites excluding steroid dienone is 9. The van der Waals surface area contributed by atoms with Gasteiger partial charge in [-0.25, -0.2) is 0 Å². The minimum absolute atomic E-state index is 0.146. The quantitative estimate of drug-likeness (QED) is 0.0318. The van der Waals surface area contributed by atoms with Crippen molar-refractivity contribution in [1.82, 2.24) is 5.32 Å². The summed E-state index contributed by atoms with van der Waals surface area (Å²) >= 11 is 0. The summed E-state index contributed by atoms with van der Waals surface area (Å²) in [6.07, 6.45) is 51.4. The molecule has 0 spiro atoms. The van der Waals surface area contributed by atoms with Crippen molar-refractivity contribution in [3.8, 4) is 0 Å². The lowest BCUT2D eigenvalue weighted by atomic mass is 10.0. The molecular formula is C47H85NO5. The van der Waals surface area contributed by atoms with Crippen LogP contribution in [0, 0.1) is 0 Å². The third-order valence-electron chi connectivity index (χ3n) is 9.92. The molecule has 0 aliphatic rings. The maximum absolute atomic E-state index is 12.4. The lowest BCUT2D eigenvalue weighted by Crippen LogP contribution is -2.52. The molecule has 308 valence electrons. The van der Waals surface area contributed by atoms with Gasteiger partial charge in [-0.2, -0.15) is 0 Å². The van der Waals surface area contributed by atoms with Gasteiger partial charge in [0.05, 0.1) is 18.8 Å². The molecule has 4 atom stereocenters. The van der Waals surface area contributed by atoms with Crippen molar-refractivity contribution in [3.05, 3.63) is 60.8 Å². The van der Waals surface area contributed by atoms with E-state index >= 15 is 0 Å². The number of hydrogen-bond donors (Lipinski definition) is 5. The van der Waals surface area contributed by atoms with E-state index in [1.54, 1.807) is 6.08 Å². The van der Waals surface area contributed by atoms with Crippen LogP contribution in [0.2, 0.25) is 0 Å². The van der Waals surface area contributed by atoms with Crippen LogP contribution in [0.5, 0.6) is 0 Å². The number of carbonyl (C=O) groups excluding carboxylic acids is 1. The van der Waals surface area contributed by atoms with Gasteiger partial charge in [0.2, 0.25) is 5.91 Å². The molecule has 0 aliphatic carbocycles. The van der Waals surface area contributed by atoms with E-state index in [1.807, 2.05) is 6.08 Å². The van der Waals surface area contributed by atoms with Crippen LogP contribution in [0.3, 0.4) is 0 Å². The van der Waals surface area contributed by atoms with E-state index in [0.717, 1.165) is 44.9 Å². The zero-order chi connectivity index (χ0) is 38.9. The maximum atomic E-state index is 12.4. The van der Waals surface area contributed by atoms with Crippen LogP contribution >= 0.6 is 0 Å². The second kappa shape index (κ2) is 41.2. The number of amides is 1. The van der Waals surface area contributed by atoms with Gasteiger partial charge in [0.1, 0.15) is 12.2 Å². The molecule has 6 nitrogen and oxygen atoms in total. The maximum Gasteiger partial charge on any atom is 0.249 e. The van der Waals surface area contributed by atoms with Crippen LogP contribution in [0.1, 0.15) is 200 Å². The van der Waals surface area contributed by atoms with Gasteiger partial charge >= 0.3 is 0 Å². The molecule has 0 aliphatic heterocycles. The molecule has 0 bridgehead atoms. The van der Waals surface area contributed by atoms with E-state index < -0.39 is 36.9 Å². The van der Waals surface area contributed by atoms with Crippen LogP contribution in [0.4, 0.5) is 0 Å². The fourth-order valence-corrected chi connectivity index (χ4v) is 6.36. The van der Waals surface area contributed by atoms with Crippen LogP contribution in [0.15, 0.2) is 60.8 Å². The molecule has 0 radical (unpaired) electrons. The SMILES string of the molecule is CCCCCCCC/C=C\C/C=C\CC(O)C(=O)NC(CO)C(O)C(O)CCC/C=C/CC/C=C/CC/C=C/CCCCCCCCCCCCCC. The average molecular weight is 744 g/mol. The van der Waals surface area contributed by atoms with Crippen molar-refractivity contribution in [2.45, 2.75) is 224 Å². The first-order valence-corrected chi connectivity index (χ1v) is 22.2. The van der Waals surface area contributed by atoms with E-state index in [4.69, 9.17) is 0 Å². The molecule has 4 unspecified atom stereocenters. The molecular weight excluding hydrogens is 659 g/mol. The highest BCUT2D eigenvalue weighted by molar-refractivity contribution is 5.81. The van der Waals surface area contributed by atoms with Crippen LogP contribution in [-0.4, -0.2) is 57.3 Å². The standard InChI is InChI=1S/C47H85NO5/c1-3-5-7-9-11-13-15-17-18-19-20-21-22-23-24-25-26-27-28-29-31-32-34-36-38-40-44(50)46(52)43(42-49)48-47(53)45(51)41-39-37-35-33-30-16-14-12-10-8-6-4-2/h23-24,27-28,30,32-34,37,39,43-46,49-52H,3-22,25-26,29,31,35-36,38,40-42H2,1-2H3,(H,48,53)/b24-23+,28-27+,33-30-,34-32+,39-37-. The van der Waals surface area contributed by atoms with Gasteiger partial charge in [0.15, 0.2) is 0 Å². The van der Waals surface area contributed by atoms with Gasteiger partial charge in [0, 0.05) is 6.42 Å². The summed E-state index contributed by atoms with van der Waals surface area (Å²) in [6, 6.07) is -1.04. The second-order valence-corrected chi connectivity index (χ2v) is 15.0. The molecule has 0 aromatic carbocycles. The van der Waals surface area contributed by atoms with Crippen molar-refractivity contribution >= 4 is 5.91 Å². The van der Waals surface area contributed by atoms with E-state index in [9.17, 15) is 25.2 Å². The average Bonchev–Trinajstić information content (AvgIpc) is 3.16. The molecule has 5 N–H and O–H groups in total. The molecule has 6 heteroatoms. The van der Waals surface area contributed by atoms with E-state index in [2.05, 4.69) is 67.8 Å². The number of rotatable bonds is 39. The Labute approximate surface area is 327 Å². The fourth-order valence-electron chi connectivity index (χ4n) is 6.36. The number of hydrogen-bond acceptors (Lipinski definition) is 5. The van der Waals surface area contributed by atoms with Crippen LogP contribution in [0.25, 0.3) is 0 Å². The Hall–Kier alpha value is -1.99. The Balaban J connectivity index is 3.86. The first kappa shape index (κ1) is 51.0. The topological polar surface area (TPSA) is 110 Å². The number of nitrogens with one attached hydrogen (secondary N) is 1. The highest BCUT2D eigenvalue weighted by Crippen LogP contribution is 2.14. The molecule has 0 heterocycles. The number of aliphatic hydroxyl groups is 4. The van der Waals surface area contributed by atoms with Gasteiger partial charge in [-0.15, -0.1) is 0 Å². The van der Waals surface area contributed by atoms with Crippen LogP contribution < -0.4 is 5.32 Å². The monoisotopic (exact) mass is 744 g/mol. The molecule has 0 aromatic rings. The summed E-state index contributed by atoms with van der Waals surface area (Å²) < 4.78 is 0. The van der Waals surface area contributed by atoms with E-state index in [-0.39, 0.29) is 6.42 Å². The number of carbonyl (C=O) groups is 1. The lowest BCUT2D eigenvalue weighted by molar-refractivity contribution is -0.132. The summed E-state index contributed by atoms with van der Waals surface area (Å²) in [5.74, 6) is -0.669. The predicted molar refractivity (Wildman–Crippen MR) is 228 cm³/mol. The highest BCUT2D eigenvalue weighted by Gasteiger charge is 2.28. The van der Waals surface area contributed by atoms with Gasteiger partial charge < -0.3 is 25.7 Å².